The maximum absolute atomic E-state index is 2.67. The Morgan fingerprint density at radius 1 is 1.26 bits per heavy atom. The molecule has 2 aliphatic rings. The van der Waals surface area contributed by atoms with E-state index in [-0.39, 0.29) is 0 Å². The fourth-order valence-electron chi connectivity index (χ4n) is 4.95. The van der Waals surface area contributed by atoms with E-state index in [4.69, 9.17) is 0 Å². The van der Waals surface area contributed by atoms with Crippen LogP contribution in [0.3, 0.4) is 0 Å². The van der Waals surface area contributed by atoms with Gasteiger partial charge in [0.2, 0.25) is 0 Å². The van der Waals surface area contributed by atoms with Crippen LogP contribution in [0.15, 0.2) is 23.8 Å². The lowest BCUT2D eigenvalue weighted by molar-refractivity contribution is 0.196. The lowest BCUT2D eigenvalue weighted by Gasteiger charge is -2.41. The standard InChI is InChI=1S/C22H37I/c1-4-9-20(10-5-2)22(14-7-6-8-15-22)16-13-19-11-12-21(23)17-18(19)3/h6-7,9,18-19,21H,4-5,8,10-17H2,1-3H3/b20-9+/t18?,19-,21?,22?/m0/s1. The molecule has 1 saturated carbocycles. The van der Waals surface area contributed by atoms with Crippen LogP contribution in [0.25, 0.3) is 0 Å². The third-order valence-corrected chi connectivity index (χ3v) is 7.52. The van der Waals surface area contributed by atoms with E-state index in [0.717, 1.165) is 15.8 Å². The monoisotopic (exact) mass is 428 g/mol. The third-order valence-electron chi connectivity index (χ3n) is 6.39. The molecule has 0 bridgehead atoms. The molecule has 0 aromatic rings. The molecule has 0 amide bonds. The Labute approximate surface area is 158 Å². The van der Waals surface area contributed by atoms with Crippen molar-refractivity contribution in [1.82, 2.24) is 0 Å². The molecule has 0 radical (unpaired) electrons. The number of alkyl halides is 1. The summed E-state index contributed by atoms with van der Waals surface area (Å²) < 4.78 is 0.932. The van der Waals surface area contributed by atoms with Crippen LogP contribution >= 0.6 is 22.6 Å². The van der Waals surface area contributed by atoms with Crippen molar-refractivity contribution in [3.05, 3.63) is 23.8 Å². The summed E-state index contributed by atoms with van der Waals surface area (Å²) in [6, 6.07) is 0. The van der Waals surface area contributed by atoms with Gasteiger partial charge in [-0.2, -0.15) is 0 Å². The van der Waals surface area contributed by atoms with Crippen LogP contribution in [-0.2, 0) is 0 Å². The number of rotatable bonds is 7. The zero-order valence-electron chi connectivity index (χ0n) is 15.6. The van der Waals surface area contributed by atoms with E-state index in [1.54, 1.807) is 5.57 Å². The van der Waals surface area contributed by atoms with Crippen LogP contribution < -0.4 is 0 Å². The third kappa shape index (κ3) is 5.34. The average Bonchev–Trinajstić information content (AvgIpc) is 2.55. The van der Waals surface area contributed by atoms with Gasteiger partial charge in [0.25, 0.3) is 0 Å². The van der Waals surface area contributed by atoms with E-state index < -0.39 is 0 Å². The molecule has 0 aromatic heterocycles. The summed E-state index contributed by atoms with van der Waals surface area (Å²) in [5.41, 5.74) is 2.30. The second kappa shape index (κ2) is 9.63. The fraction of sp³-hybridized carbons (Fsp3) is 0.818. The Hall–Kier alpha value is 0.210. The summed E-state index contributed by atoms with van der Waals surface area (Å²) in [5.74, 6) is 1.92. The minimum absolute atomic E-state index is 0.502. The second-order valence-electron chi connectivity index (χ2n) is 8.07. The van der Waals surface area contributed by atoms with Gasteiger partial charge in [0.15, 0.2) is 0 Å². The molecular formula is C22H37I. The van der Waals surface area contributed by atoms with Gasteiger partial charge in [-0.3, -0.25) is 0 Å². The van der Waals surface area contributed by atoms with E-state index in [1.165, 1.54) is 70.6 Å². The highest BCUT2D eigenvalue weighted by molar-refractivity contribution is 14.1. The van der Waals surface area contributed by atoms with Crippen molar-refractivity contribution in [1.29, 1.82) is 0 Å². The fourth-order valence-corrected chi connectivity index (χ4v) is 6.11. The lowest BCUT2D eigenvalue weighted by atomic mass is 9.65. The second-order valence-corrected chi connectivity index (χ2v) is 9.83. The van der Waals surface area contributed by atoms with Crippen LogP contribution in [0.1, 0.15) is 91.4 Å². The Morgan fingerprint density at radius 3 is 2.70 bits per heavy atom. The minimum Gasteiger partial charge on any atom is -0.0885 e. The van der Waals surface area contributed by atoms with Gasteiger partial charge in [0.1, 0.15) is 0 Å². The van der Waals surface area contributed by atoms with Crippen LogP contribution in [0.5, 0.6) is 0 Å². The first kappa shape index (κ1) is 19.5. The van der Waals surface area contributed by atoms with Gasteiger partial charge >= 0.3 is 0 Å². The summed E-state index contributed by atoms with van der Waals surface area (Å²) in [5, 5.41) is 0. The van der Waals surface area contributed by atoms with Crippen molar-refractivity contribution in [3.8, 4) is 0 Å². The number of allylic oxidation sites excluding steroid dienone is 4. The van der Waals surface area contributed by atoms with Crippen LogP contribution in [0.4, 0.5) is 0 Å². The Bertz CT molecular complexity index is 408. The summed E-state index contributed by atoms with van der Waals surface area (Å²) in [4.78, 5) is 0. The molecule has 1 heteroatoms. The van der Waals surface area contributed by atoms with Gasteiger partial charge in [-0.25, -0.2) is 0 Å². The van der Waals surface area contributed by atoms with Crippen molar-refractivity contribution in [2.24, 2.45) is 17.3 Å². The largest absolute Gasteiger partial charge is 0.0885 e. The minimum atomic E-state index is 0.502. The van der Waals surface area contributed by atoms with Crippen LogP contribution in [0.2, 0.25) is 0 Å². The summed E-state index contributed by atoms with van der Waals surface area (Å²) in [7, 11) is 0. The molecular weight excluding hydrogens is 391 g/mol. The van der Waals surface area contributed by atoms with Gasteiger partial charge in [-0.05, 0) is 81.5 Å². The lowest BCUT2D eigenvalue weighted by Crippen LogP contribution is -2.29. The first-order valence-corrected chi connectivity index (χ1v) is 11.3. The molecule has 2 rings (SSSR count). The van der Waals surface area contributed by atoms with Gasteiger partial charge in [0.05, 0.1) is 0 Å². The molecule has 0 saturated heterocycles. The van der Waals surface area contributed by atoms with E-state index in [1.807, 2.05) is 0 Å². The molecule has 0 aliphatic heterocycles. The van der Waals surface area contributed by atoms with Crippen molar-refractivity contribution >= 4 is 22.6 Å². The maximum Gasteiger partial charge on any atom is 0.0112 e. The zero-order chi connectivity index (χ0) is 16.7. The molecule has 2 aliphatic carbocycles. The van der Waals surface area contributed by atoms with Crippen molar-refractivity contribution < 1.29 is 0 Å². The number of halogens is 1. The predicted molar refractivity (Wildman–Crippen MR) is 112 cm³/mol. The first-order valence-electron chi connectivity index (χ1n) is 10.1. The predicted octanol–water partition coefficient (Wildman–Crippen LogP) is 7.87. The molecule has 0 N–H and O–H groups in total. The summed E-state index contributed by atoms with van der Waals surface area (Å²) in [6.07, 6.45) is 22.6. The molecule has 4 atom stereocenters. The highest BCUT2D eigenvalue weighted by Gasteiger charge is 2.35. The molecule has 132 valence electrons. The number of hydrogen-bond acceptors (Lipinski definition) is 0. The number of hydrogen-bond donors (Lipinski definition) is 0. The highest BCUT2D eigenvalue weighted by Crippen LogP contribution is 2.48. The van der Waals surface area contributed by atoms with Gasteiger partial charge < -0.3 is 0 Å². The normalized spacial score (nSPS) is 35.5. The first-order chi connectivity index (χ1) is 11.1. The molecule has 1 fully saturated rings. The zero-order valence-corrected chi connectivity index (χ0v) is 17.8. The smallest absolute Gasteiger partial charge is 0.0112 e. The van der Waals surface area contributed by atoms with Crippen molar-refractivity contribution in [2.75, 3.05) is 0 Å². The van der Waals surface area contributed by atoms with E-state index in [2.05, 4.69) is 61.6 Å². The molecule has 3 unspecified atom stereocenters. The quantitative estimate of drug-likeness (QED) is 0.220. The van der Waals surface area contributed by atoms with Gasteiger partial charge in [-0.1, -0.05) is 73.6 Å². The van der Waals surface area contributed by atoms with Gasteiger partial charge in [0, 0.05) is 3.92 Å². The molecule has 0 heterocycles. The van der Waals surface area contributed by atoms with E-state index >= 15 is 0 Å². The summed E-state index contributed by atoms with van der Waals surface area (Å²) in [6.45, 7) is 7.17. The van der Waals surface area contributed by atoms with Crippen molar-refractivity contribution in [2.45, 2.75) is 95.3 Å². The maximum atomic E-state index is 2.67. The topological polar surface area (TPSA) is 0 Å². The Morgan fingerprint density at radius 2 is 2.09 bits per heavy atom. The van der Waals surface area contributed by atoms with Crippen LogP contribution in [0, 0.1) is 17.3 Å². The summed E-state index contributed by atoms with van der Waals surface area (Å²) >= 11 is 2.67. The SMILES string of the molecule is CC/C=C(\CCC)C1(CC[C@@H]2CCC(I)CC2C)CC=CCC1. The van der Waals surface area contributed by atoms with E-state index in [0.29, 0.717) is 5.41 Å². The van der Waals surface area contributed by atoms with Crippen LogP contribution in [-0.4, -0.2) is 3.92 Å². The molecule has 0 spiro atoms. The molecule has 0 aromatic carbocycles. The van der Waals surface area contributed by atoms with Crippen molar-refractivity contribution in [3.63, 3.8) is 0 Å². The van der Waals surface area contributed by atoms with Gasteiger partial charge in [-0.15, -0.1) is 0 Å². The highest BCUT2D eigenvalue weighted by atomic mass is 127. The molecule has 23 heavy (non-hydrogen) atoms. The molecule has 0 nitrogen and oxygen atoms in total. The average molecular weight is 428 g/mol. The Balaban J connectivity index is 2.06. The Kier molecular flexibility index (Phi) is 8.18. The van der Waals surface area contributed by atoms with E-state index in [9.17, 15) is 0 Å².